The molecule has 2 heterocycles. The molecule has 0 aromatic carbocycles. The van der Waals surface area contributed by atoms with Crippen LogP contribution in [0.3, 0.4) is 0 Å². The molecular weight excluding hydrogens is 1260 g/mol. The van der Waals surface area contributed by atoms with Crippen LogP contribution < -0.4 is 0 Å². The van der Waals surface area contributed by atoms with E-state index in [0.717, 1.165) is 89.9 Å². The summed E-state index contributed by atoms with van der Waals surface area (Å²) in [6, 6.07) is 0. The summed E-state index contributed by atoms with van der Waals surface area (Å²) in [5.74, 6) is -2.02. The maximum absolute atomic E-state index is 14.3. The minimum Gasteiger partial charge on any atom is -0.463 e. The van der Waals surface area contributed by atoms with Gasteiger partial charge in [-0.2, -0.15) is 0 Å². The van der Waals surface area contributed by atoms with Crippen molar-refractivity contribution in [2.75, 3.05) is 26.4 Å². The minimum atomic E-state index is -5.70. The van der Waals surface area contributed by atoms with Gasteiger partial charge in [-0.1, -0.05) is 206 Å². The molecule has 0 bridgehead atoms. The fourth-order valence-electron chi connectivity index (χ4n) is 11.9. The predicted octanol–water partition coefficient (Wildman–Crippen LogP) is 9.35. The number of phosphoric acid groups is 1. The van der Waals surface area contributed by atoms with E-state index in [-0.39, 0.29) is 19.3 Å². The van der Waals surface area contributed by atoms with Gasteiger partial charge in [-0.15, -0.1) is 0 Å². The molecule has 95 heavy (non-hydrogen) atoms. The van der Waals surface area contributed by atoms with Gasteiger partial charge < -0.3 is 89.1 Å². The fraction of sp³-hybridized carbons (Fsp3) is 0.900. The van der Waals surface area contributed by atoms with E-state index in [2.05, 4.69) is 45.1 Å². The third-order valence-corrected chi connectivity index (χ3v) is 18.9. The number of hydrogen-bond acceptors (Lipinski definition) is 23. The highest BCUT2D eigenvalue weighted by Crippen LogP contribution is 2.49. The molecular formula is C70H127O24P. The lowest BCUT2D eigenvalue weighted by Gasteiger charge is -2.49. The number of allylic oxidation sites excluding steroid dienone is 4. The Balaban J connectivity index is 1.75. The lowest BCUT2D eigenvalue weighted by atomic mass is 9.84. The second kappa shape index (κ2) is 52.4. The SMILES string of the molecule is CCCCCCCC/C=C\CCCCCC(=O)OC(COC(=O)CCCCCCCCCCCCCCC)COP(=O)(O)OC1C(OC2OC(CO)C(O)C(O)C2O)C(O)C(O)C(O)C1OC1OC(COC(=O)CCCCC/C=C\CCCCCCCCC)C(O)C(O)C1O. The molecule has 3 aliphatic rings. The van der Waals surface area contributed by atoms with Gasteiger partial charge in [0, 0.05) is 19.3 Å². The van der Waals surface area contributed by atoms with Crippen molar-refractivity contribution in [2.45, 2.75) is 375 Å². The Bertz CT molecular complexity index is 2070. The molecule has 11 N–H and O–H groups in total. The van der Waals surface area contributed by atoms with Crippen LogP contribution >= 0.6 is 7.82 Å². The fourth-order valence-corrected chi connectivity index (χ4v) is 12.9. The molecule has 25 heteroatoms. The second-order valence-corrected chi connectivity index (χ2v) is 27.7. The molecule has 0 aromatic rings. The number of unbranched alkanes of at least 4 members (excludes halogenated alkanes) is 31. The molecule has 0 aromatic heterocycles. The Morgan fingerprint density at radius 3 is 1.15 bits per heavy atom. The molecule has 2 aliphatic heterocycles. The molecule has 1 saturated carbocycles. The molecule has 0 spiro atoms. The number of carbonyl (C=O) groups excluding carboxylic acids is 3. The third kappa shape index (κ3) is 36.1. The molecule has 2 saturated heterocycles. The van der Waals surface area contributed by atoms with Crippen LogP contribution in [-0.2, 0) is 61.2 Å². The van der Waals surface area contributed by atoms with Crippen molar-refractivity contribution in [2.24, 2.45) is 0 Å². The molecule has 3 fully saturated rings. The topological polar surface area (TPSA) is 374 Å². The lowest BCUT2D eigenvalue weighted by molar-refractivity contribution is -0.360. The highest BCUT2D eigenvalue weighted by molar-refractivity contribution is 7.47. The van der Waals surface area contributed by atoms with Crippen LogP contribution in [0.15, 0.2) is 24.3 Å². The largest absolute Gasteiger partial charge is 0.472 e. The standard InChI is InChI=1S/C70H127O24P/c1-4-7-10-13-16-19-22-25-28-30-33-36-39-42-45-55(73)87-50-53-58(76)60(78)65(83)70(91-53)93-67-63(81)61(79)62(80)66(92-69-64(82)59(77)57(75)52(47-71)90-69)68(67)94-95(84,85)88-49-51(89-56(74)46-43-40-37-34-31-27-24-21-18-15-12-9-6-3)48-86-54(72)44-41-38-35-32-29-26-23-20-17-14-11-8-5-2/h27-28,30-31,51-53,57-71,75-83H,4-26,29,32-50H2,1-3H3,(H,84,85)/b30-28-,31-27-. The van der Waals surface area contributed by atoms with Crippen LogP contribution in [0.25, 0.3) is 0 Å². The van der Waals surface area contributed by atoms with E-state index in [4.69, 9.17) is 42.2 Å². The average molecular weight is 1380 g/mol. The van der Waals surface area contributed by atoms with Gasteiger partial charge in [0.25, 0.3) is 0 Å². The summed E-state index contributed by atoms with van der Waals surface area (Å²) in [5.41, 5.74) is 0. The van der Waals surface area contributed by atoms with E-state index >= 15 is 0 Å². The van der Waals surface area contributed by atoms with Gasteiger partial charge in [-0.25, -0.2) is 4.57 Å². The minimum absolute atomic E-state index is 0.00777. The molecule has 24 nitrogen and oxygen atoms in total. The van der Waals surface area contributed by atoms with Crippen LogP contribution in [0.1, 0.15) is 271 Å². The Morgan fingerprint density at radius 1 is 0.400 bits per heavy atom. The number of rotatable bonds is 56. The Morgan fingerprint density at radius 2 is 0.737 bits per heavy atom. The summed E-state index contributed by atoms with van der Waals surface area (Å²) in [4.78, 5) is 50.9. The number of ether oxygens (including phenoxy) is 7. The van der Waals surface area contributed by atoms with E-state index in [0.29, 0.717) is 25.7 Å². The average Bonchev–Trinajstić information content (AvgIpc) is 0.764. The van der Waals surface area contributed by atoms with Gasteiger partial charge in [-0.3, -0.25) is 23.4 Å². The van der Waals surface area contributed by atoms with Gasteiger partial charge in [-0.05, 0) is 70.6 Å². The molecule has 0 amide bonds. The van der Waals surface area contributed by atoms with Crippen LogP contribution in [0.2, 0.25) is 0 Å². The van der Waals surface area contributed by atoms with Gasteiger partial charge in [0.05, 0.1) is 13.2 Å². The molecule has 556 valence electrons. The second-order valence-electron chi connectivity index (χ2n) is 26.3. The highest BCUT2D eigenvalue weighted by atomic mass is 31.2. The Hall–Kier alpha value is -2.56. The van der Waals surface area contributed by atoms with E-state index in [1.165, 1.54) is 116 Å². The summed E-state index contributed by atoms with van der Waals surface area (Å²) >= 11 is 0. The first-order valence-corrected chi connectivity index (χ1v) is 38.1. The number of hydrogen-bond donors (Lipinski definition) is 11. The van der Waals surface area contributed by atoms with Crippen LogP contribution in [0, 0.1) is 0 Å². The van der Waals surface area contributed by atoms with Gasteiger partial charge in [0.2, 0.25) is 0 Å². The molecule has 18 unspecified atom stereocenters. The molecule has 18 atom stereocenters. The Labute approximate surface area is 566 Å². The monoisotopic (exact) mass is 1380 g/mol. The first-order chi connectivity index (χ1) is 45.8. The van der Waals surface area contributed by atoms with Crippen molar-refractivity contribution in [1.82, 2.24) is 0 Å². The molecule has 0 radical (unpaired) electrons. The van der Waals surface area contributed by atoms with Crippen LogP contribution in [0.5, 0.6) is 0 Å². The zero-order valence-electron chi connectivity index (χ0n) is 57.7. The zero-order valence-corrected chi connectivity index (χ0v) is 58.6. The predicted molar refractivity (Wildman–Crippen MR) is 356 cm³/mol. The van der Waals surface area contributed by atoms with E-state index < -0.39 is 156 Å². The van der Waals surface area contributed by atoms with E-state index in [1.54, 1.807) is 0 Å². The van der Waals surface area contributed by atoms with Crippen LogP contribution in [-0.4, -0.2) is 204 Å². The van der Waals surface area contributed by atoms with Crippen molar-refractivity contribution in [3.63, 3.8) is 0 Å². The van der Waals surface area contributed by atoms with E-state index in [9.17, 15) is 74.9 Å². The van der Waals surface area contributed by atoms with Gasteiger partial charge in [0.1, 0.15) is 98.7 Å². The summed E-state index contributed by atoms with van der Waals surface area (Å²) in [5, 5.41) is 110. The number of aliphatic hydroxyl groups excluding tert-OH is 10. The molecule has 1 aliphatic carbocycles. The first kappa shape index (κ1) is 86.7. The van der Waals surface area contributed by atoms with Crippen molar-refractivity contribution in [3.8, 4) is 0 Å². The number of phosphoric ester groups is 1. The summed E-state index contributed by atoms with van der Waals surface area (Å²) in [7, 11) is -5.70. The van der Waals surface area contributed by atoms with Crippen molar-refractivity contribution >= 4 is 25.7 Å². The van der Waals surface area contributed by atoms with Crippen molar-refractivity contribution < 1.29 is 117 Å². The first-order valence-electron chi connectivity index (χ1n) is 36.6. The smallest absolute Gasteiger partial charge is 0.463 e. The summed E-state index contributed by atoms with van der Waals surface area (Å²) in [6.07, 6.45) is 11.2. The zero-order chi connectivity index (χ0) is 69.6. The number of aliphatic hydroxyl groups is 10. The summed E-state index contributed by atoms with van der Waals surface area (Å²) < 4.78 is 64.9. The maximum Gasteiger partial charge on any atom is 0.472 e. The van der Waals surface area contributed by atoms with Crippen LogP contribution in [0.4, 0.5) is 0 Å². The van der Waals surface area contributed by atoms with E-state index in [1.807, 2.05) is 0 Å². The maximum atomic E-state index is 14.3. The Kier molecular flexibility index (Phi) is 47.8. The summed E-state index contributed by atoms with van der Waals surface area (Å²) in [6.45, 7) is 3.39. The third-order valence-electron chi connectivity index (χ3n) is 18.0. The van der Waals surface area contributed by atoms with Gasteiger partial charge in [0.15, 0.2) is 18.7 Å². The van der Waals surface area contributed by atoms with Gasteiger partial charge >= 0.3 is 25.7 Å². The quantitative estimate of drug-likeness (QED) is 0.00887. The lowest BCUT2D eigenvalue weighted by Crippen LogP contribution is -2.69. The number of esters is 3. The normalized spacial score (nSPS) is 28.2. The molecule has 3 rings (SSSR count). The van der Waals surface area contributed by atoms with Crippen molar-refractivity contribution in [3.05, 3.63) is 24.3 Å². The highest BCUT2D eigenvalue weighted by Gasteiger charge is 2.58. The number of carbonyl (C=O) groups is 3. The van der Waals surface area contributed by atoms with Crippen molar-refractivity contribution in [1.29, 1.82) is 0 Å².